The molecule has 2 aliphatic rings. The van der Waals surface area contributed by atoms with E-state index in [-0.39, 0.29) is 11.9 Å². The normalized spacial score (nSPS) is 21.8. The lowest BCUT2D eigenvalue weighted by atomic mass is 10.0. The number of amides is 1. The summed E-state index contributed by atoms with van der Waals surface area (Å²) in [6, 6.07) is 15.2. The van der Waals surface area contributed by atoms with E-state index in [0.717, 1.165) is 45.9 Å². The summed E-state index contributed by atoms with van der Waals surface area (Å²) in [6.45, 7) is 6.68. The van der Waals surface area contributed by atoms with Crippen molar-refractivity contribution in [3.05, 3.63) is 48.0 Å². The molecule has 2 aliphatic heterocycles. The molecule has 0 aliphatic carbocycles. The Morgan fingerprint density at radius 2 is 1.88 bits per heavy atom. The molecular weight excluding hydrogens is 326 g/mol. The Bertz CT molecular complexity index is 745. The highest BCUT2D eigenvalue weighted by Gasteiger charge is 2.24. The van der Waals surface area contributed by atoms with E-state index in [0.29, 0.717) is 13.0 Å². The lowest BCUT2D eigenvalue weighted by Crippen LogP contribution is -2.51. The zero-order valence-electron chi connectivity index (χ0n) is 15.2. The molecular formula is C21H27N3O2. The number of nitrogens with one attached hydrogen (secondary N) is 1. The highest BCUT2D eigenvalue weighted by molar-refractivity contribution is 5.85. The zero-order chi connectivity index (χ0) is 17.8. The fourth-order valence-electron chi connectivity index (χ4n) is 3.92. The number of fused-ring (bicyclic) bond motifs is 1. The molecule has 0 saturated carbocycles. The Morgan fingerprint density at radius 3 is 2.69 bits per heavy atom. The molecule has 0 bridgehead atoms. The summed E-state index contributed by atoms with van der Waals surface area (Å²) in [5.74, 6) is 0.248. The van der Waals surface area contributed by atoms with Gasteiger partial charge in [-0.05, 0) is 16.3 Å². The van der Waals surface area contributed by atoms with Crippen LogP contribution in [0, 0.1) is 0 Å². The molecule has 2 aromatic carbocycles. The molecule has 2 saturated heterocycles. The van der Waals surface area contributed by atoms with Crippen molar-refractivity contribution >= 4 is 16.7 Å². The molecule has 1 amide bonds. The topological polar surface area (TPSA) is 44.8 Å². The molecule has 0 radical (unpaired) electrons. The van der Waals surface area contributed by atoms with Crippen LogP contribution in [0.15, 0.2) is 42.5 Å². The summed E-state index contributed by atoms with van der Waals surface area (Å²) in [5, 5.41) is 5.99. The van der Waals surface area contributed by atoms with Gasteiger partial charge in [0, 0.05) is 51.7 Å². The lowest BCUT2D eigenvalue weighted by molar-refractivity contribution is -0.134. The fraction of sp³-hybridized carbons (Fsp3) is 0.476. The molecule has 1 atom stereocenters. The van der Waals surface area contributed by atoms with Crippen LogP contribution in [0.3, 0.4) is 0 Å². The summed E-state index contributed by atoms with van der Waals surface area (Å²) in [4.78, 5) is 17.0. The maximum Gasteiger partial charge on any atom is 0.224 e. The zero-order valence-corrected chi connectivity index (χ0v) is 15.2. The fourth-order valence-corrected chi connectivity index (χ4v) is 3.92. The van der Waals surface area contributed by atoms with E-state index >= 15 is 0 Å². The van der Waals surface area contributed by atoms with E-state index in [1.807, 2.05) is 4.90 Å². The van der Waals surface area contributed by atoms with Crippen molar-refractivity contribution in [1.82, 2.24) is 15.1 Å². The minimum absolute atomic E-state index is 0.171. The molecule has 1 N–H and O–H groups in total. The number of ether oxygens (including phenoxy) is 1. The summed E-state index contributed by atoms with van der Waals surface area (Å²) in [6.07, 6.45) is 0.545. The van der Waals surface area contributed by atoms with Crippen molar-refractivity contribution in [2.75, 3.05) is 45.9 Å². The maximum atomic E-state index is 12.5. The number of hydrogen-bond acceptors (Lipinski definition) is 4. The van der Waals surface area contributed by atoms with Crippen molar-refractivity contribution in [1.29, 1.82) is 0 Å². The van der Waals surface area contributed by atoms with Gasteiger partial charge in [-0.15, -0.1) is 0 Å². The first-order valence-electron chi connectivity index (χ1n) is 9.57. The van der Waals surface area contributed by atoms with E-state index in [9.17, 15) is 4.79 Å². The van der Waals surface area contributed by atoms with Gasteiger partial charge in [0.1, 0.15) is 0 Å². The first-order valence-corrected chi connectivity index (χ1v) is 9.57. The Kier molecular flexibility index (Phi) is 5.48. The van der Waals surface area contributed by atoms with Gasteiger partial charge in [0.2, 0.25) is 5.91 Å². The molecule has 0 aromatic heterocycles. The van der Waals surface area contributed by atoms with Gasteiger partial charge in [-0.2, -0.15) is 0 Å². The Balaban J connectivity index is 1.31. The molecule has 4 rings (SSSR count). The van der Waals surface area contributed by atoms with E-state index < -0.39 is 0 Å². The number of benzene rings is 2. The standard InChI is InChI=1S/C21H27N3O2/c25-21(14-19-16-26-13-8-22-19)24-11-9-23(10-12-24)15-18-6-3-5-17-4-1-2-7-20(17)18/h1-7,19,22H,8-16H2. The SMILES string of the molecule is O=C(CC1COCCN1)N1CCN(Cc2cccc3ccccc23)CC1. The third kappa shape index (κ3) is 4.06. The van der Waals surface area contributed by atoms with Gasteiger partial charge < -0.3 is 15.0 Å². The first kappa shape index (κ1) is 17.5. The van der Waals surface area contributed by atoms with Gasteiger partial charge in [-0.25, -0.2) is 0 Å². The Morgan fingerprint density at radius 1 is 1.08 bits per heavy atom. The van der Waals surface area contributed by atoms with Crippen LogP contribution in [-0.2, 0) is 16.1 Å². The molecule has 5 heteroatoms. The largest absolute Gasteiger partial charge is 0.378 e. The first-order chi connectivity index (χ1) is 12.8. The minimum Gasteiger partial charge on any atom is -0.378 e. The highest BCUT2D eigenvalue weighted by Crippen LogP contribution is 2.20. The second-order valence-corrected chi connectivity index (χ2v) is 7.23. The van der Waals surface area contributed by atoms with Crippen LogP contribution in [-0.4, -0.2) is 67.7 Å². The van der Waals surface area contributed by atoms with Crippen LogP contribution in [0.4, 0.5) is 0 Å². The van der Waals surface area contributed by atoms with Gasteiger partial charge in [0.15, 0.2) is 0 Å². The predicted octanol–water partition coefficient (Wildman–Crippen LogP) is 1.86. The van der Waals surface area contributed by atoms with Crippen LogP contribution < -0.4 is 5.32 Å². The van der Waals surface area contributed by atoms with Crippen LogP contribution in [0.2, 0.25) is 0 Å². The second kappa shape index (κ2) is 8.16. The van der Waals surface area contributed by atoms with E-state index in [1.165, 1.54) is 16.3 Å². The highest BCUT2D eigenvalue weighted by atomic mass is 16.5. The number of morpholine rings is 1. The van der Waals surface area contributed by atoms with Crippen LogP contribution in [0.5, 0.6) is 0 Å². The van der Waals surface area contributed by atoms with Gasteiger partial charge in [-0.3, -0.25) is 9.69 Å². The van der Waals surface area contributed by atoms with Crippen LogP contribution in [0.1, 0.15) is 12.0 Å². The minimum atomic E-state index is 0.171. The average molecular weight is 353 g/mol. The van der Waals surface area contributed by atoms with Crippen LogP contribution >= 0.6 is 0 Å². The second-order valence-electron chi connectivity index (χ2n) is 7.23. The summed E-state index contributed by atoms with van der Waals surface area (Å²) < 4.78 is 5.45. The van der Waals surface area contributed by atoms with Crippen LogP contribution in [0.25, 0.3) is 10.8 Å². The number of carbonyl (C=O) groups excluding carboxylic acids is 1. The van der Waals surface area contributed by atoms with Gasteiger partial charge in [-0.1, -0.05) is 42.5 Å². The van der Waals surface area contributed by atoms with E-state index in [1.54, 1.807) is 0 Å². The van der Waals surface area contributed by atoms with Crippen molar-refractivity contribution in [2.45, 2.75) is 19.0 Å². The smallest absolute Gasteiger partial charge is 0.224 e. The summed E-state index contributed by atoms with van der Waals surface area (Å²) in [7, 11) is 0. The molecule has 2 aromatic rings. The number of carbonyl (C=O) groups is 1. The number of hydrogen-bond donors (Lipinski definition) is 1. The monoisotopic (exact) mass is 353 g/mol. The lowest BCUT2D eigenvalue weighted by Gasteiger charge is -2.36. The van der Waals surface area contributed by atoms with Crippen molar-refractivity contribution in [3.8, 4) is 0 Å². The van der Waals surface area contributed by atoms with E-state index in [4.69, 9.17) is 4.74 Å². The molecule has 0 spiro atoms. The van der Waals surface area contributed by atoms with E-state index in [2.05, 4.69) is 52.7 Å². The quantitative estimate of drug-likeness (QED) is 0.911. The molecule has 5 nitrogen and oxygen atoms in total. The maximum absolute atomic E-state index is 12.5. The number of rotatable bonds is 4. The molecule has 2 fully saturated rings. The predicted molar refractivity (Wildman–Crippen MR) is 103 cm³/mol. The molecule has 138 valence electrons. The molecule has 1 unspecified atom stereocenters. The average Bonchev–Trinajstić information content (AvgIpc) is 2.70. The summed E-state index contributed by atoms with van der Waals surface area (Å²) in [5.41, 5.74) is 1.37. The van der Waals surface area contributed by atoms with Gasteiger partial charge >= 0.3 is 0 Å². The van der Waals surface area contributed by atoms with Gasteiger partial charge in [0.25, 0.3) is 0 Å². The third-order valence-electron chi connectivity index (χ3n) is 5.42. The Labute approximate surface area is 154 Å². The van der Waals surface area contributed by atoms with Crippen molar-refractivity contribution in [3.63, 3.8) is 0 Å². The molecule has 2 heterocycles. The number of piperazine rings is 1. The van der Waals surface area contributed by atoms with Gasteiger partial charge in [0.05, 0.1) is 13.2 Å². The Hall–Kier alpha value is -1.95. The number of nitrogens with zero attached hydrogens (tertiary/aromatic N) is 2. The molecule has 26 heavy (non-hydrogen) atoms. The summed E-state index contributed by atoms with van der Waals surface area (Å²) >= 11 is 0. The van der Waals surface area contributed by atoms with Crippen molar-refractivity contribution < 1.29 is 9.53 Å². The van der Waals surface area contributed by atoms with Crippen molar-refractivity contribution in [2.24, 2.45) is 0 Å². The third-order valence-corrected chi connectivity index (χ3v) is 5.42.